The van der Waals surface area contributed by atoms with Crippen LogP contribution in [0.1, 0.15) is 6.92 Å². The molecule has 1 aromatic carbocycles. The van der Waals surface area contributed by atoms with E-state index in [0.29, 0.717) is 0 Å². The van der Waals surface area contributed by atoms with Crippen molar-refractivity contribution < 1.29 is 18.0 Å². The highest BCUT2D eigenvalue weighted by atomic mass is 32.2. The molecule has 0 bridgehead atoms. The molecule has 0 unspecified atom stereocenters. The third kappa shape index (κ3) is 4.95. The summed E-state index contributed by atoms with van der Waals surface area (Å²) in [7, 11) is 0. The average molecular weight is 261 g/mol. The zero-order valence-electron chi connectivity index (χ0n) is 8.91. The summed E-state index contributed by atoms with van der Waals surface area (Å²) >= 11 is -0.251. The van der Waals surface area contributed by atoms with E-state index >= 15 is 0 Å². The molecule has 0 saturated heterocycles. The Morgan fingerprint density at radius 2 is 2.00 bits per heavy atom. The van der Waals surface area contributed by atoms with Crippen LogP contribution in [0, 0.1) is 0 Å². The van der Waals surface area contributed by atoms with Crippen molar-refractivity contribution in [2.45, 2.75) is 17.3 Å². The Morgan fingerprint density at radius 3 is 2.59 bits per heavy atom. The van der Waals surface area contributed by atoms with Crippen molar-refractivity contribution in [2.24, 2.45) is 0 Å². The topological polar surface area (TPSA) is 29.1 Å². The minimum atomic E-state index is -4.37. The smallest absolute Gasteiger partial charge is 0.321 e. The molecule has 0 aliphatic carbocycles. The summed E-state index contributed by atoms with van der Waals surface area (Å²) in [6.07, 6.45) is 2.75. The second-order valence-electron chi connectivity index (χ2n) is 3.03. The Hall–Kier alpha value is -1.43. The molecule has 0 aliphatic heterocycles. The molecule has 0 aromatic heterocycles. The fraction of sp³-hybridized carbons (Fsp3) is 0.182. The highest BCUT2D eigenvalue weighted by Crippen LogP contribution is 2.40. The molecule has 1 N–H and O–H groups in total. The Bertz CT molecular complexity index is 429. The van der Waals surface area contributed by atoms with Gasteiger partial charge < -0.3 is 5.32 Å². The standard InChI is InChI=1S/C11H10F3NOS/c1-2-5-10(16)15-8-6-3-4-7-9(8)17-11(12,13)14/h2-7H,1H3,(H,15,16). The zero-order valence-corrected chi connectivity index (χ0v) is 9.73. The van der Waals surface area contributed by atoms with Crippen LogP contribution >= 0.6 is 11.8 Å². The summed E-state index contributed by atoms with van der Waals surface area (Å²) < 4.78 is 36.7. The Kier molecular flexibility index (Phi) is 4.62. The number of nitrogens with one attached hydrogen (secondary N) is 1. The normalized spacial score (nSPS) is 11.8. The molecule has 0 fully saturated rings. The van der Waals surface area contributed by atoms with E-state index < -0.39 is 11.4 Å². The summed E-state index contributed by atoms with van der Waals surface area (Å²) in [4.78, 5) is 11.2. The van der Waals surface area contributed by atoms with Crippen molar-refractivity contribution in [1.29, 1.82) is 0 Å². The van der Waals surface area contributed by atoms with Gasteiger partial charge in [-0.2, -0.15) is 13.2 Å². The van der Waals surface area contributed by atoms with Gasteiger partial charge in [-0.15, -0.1) is 0 Å². The van der Waals surface area contributed by atoms with Crippen molar-refractivity contribution >= 4 is 23.4 Å². The first-order chi connectivity index (χ1) is 7.92. The number of rotatable bonds is 3. The van der Waals surface area contributed by atoms with Gasteiger partial charge in [0.05, 0.1) is 5.69 Å². The van der Waals surface area contributed by atoms with Crippen LogP contribution in [0.2, 0.25) is 0 Å². The van der Waals surface area contributed by atoms with Crippen LogP contribution in [0.4, 0.5) is 18.9 Å². The van der Waals surface area contributed by atoms with E-state index in [9.17, 15) is 18.0 Å². The number of para-hydroxylation sites is 1. The van der Waals surface area contributed by atoms with Gasteiger partial charge in [-0.25, -0.2) is 0 Å². The monoisotopic (exact) mass is 261 g/mol. The van der Waals surface area contributed by atoms with Crippen molar-refractivity contribution in [3.8, 4) is 0 Å². The highest BCUT2D eigenvalue weighted by molar-refractivity contribution is 8.00. The highest BCUT2D eigenvalue weighted by Gasteiger charge is 2.30. The molecule has 0 radical (unpaired) electrons. The molecule has 2 nitrogen and oxygen atoms in total. The molecule has 1 amide bonds. The first-order valence-electron chi connectivity index (χ1n) is 4.71. The molecular formula is C11H10F3NOS. The van der Waals surface area contributed by atoms with Crippen LogP contribution in [-0.4, -0.2) is 11.4 Å². The van der Waals surface area contributed by atoms with Gasteiger partial charge in [0.2, 0.25) is 5.91 Å². The molecule has 0 aliphatic rings. The number of carbonyl (C=O) groups excluding carboxylic acids is 1. The number of thioether (sulfide) groups is 1. The molecule has 1 rings (SSSR count). The number of amides is 1. The van der Waals surface area contributed by atoms with Crippen LogP contribution in [-0.2, 0) is 4.79 Å². The lowest BCUT2D eigenvalue weighted by atomic mass is 10.3. The number of benzene rings is 1. The molecule has 17 heavy (non-hydrogen) atoms. The van der Waals surface area contributed by atoms with Crippen LogP contribution in [0.5, 0.6) is 0 Å². The van der Waals surface area contributed by atoms with Gasteiger partial charge in [0, 0.05) is 4.90 Å². The van der Waals surface area contributed by atoms with E-state index in [1.165, 1.54) is 30.4 Å². The number of hydrogen-bond acceptors (Lipinski definition) is 2. The fourth-order valence-electron chi connectivity index (χ4n) is 1.11. The molecule has 0 atom stereocenters. The second kappa shape index (κ2) is 5.77. The summed E-state index contributed by atoms with van der Waals surface area (Å²) in [5, 5.41) is 2.39. The van der Waals surface area contributed by atoms with Gasteiger partial charge in [-0.1, -0.05) is 18.2 Å². The van der Waals surface area contributed by atoms with Crippen LogP contribution < -0.4 is 5.32 Å². The Morgan fingerprint density at radius 1 is 1.35 bits per heavy atom. The van der Waals surface area contributed by atoms with Gasteiger partial charge in [-0.05, 0) is 36.9 Å². The predicted octanol–water partition coefficient (Wildman–Crippen LogP) is 3.81. The maximum Gasteiger partial charge on any atom is 0.446 e. The Labute approximate surface area is 101 Å². The first-order valence-corrected chi connectivity index (χ1v) is 5.52. The van der Waals surface area contributed by atoms with Crippen molar-refractivity contribution in [1.82, 2.24) is 0 Å². The fourth-order valence-corrected chi connectivity index (χ4v) is 1.73. The van der Waals surface area contributed by atoms with Gasteiger partial charge in [-0.3, -0.25) is 4.79 Å². The number of allylic oxidation sites excluding steroid dienone is 1. The van der Waals surface area contributed by atoms with E-state index in [2.05, 4.69) is 5.32 Å². The minimum Gasteiger partial charge on any atom is -0.321 e. The van der Waals surface area contributed by atoms with Gasteiger partial charge >= 0.3 is 5.51 Å². The minimum absolute atomic E-state index is 0.0298. The number of hydrogen-bond donors (Lipinski definition) is 1. The number of halogens is 3. The summed E-state index contributed by atoms with van der Waals surface area (Å²) in [5.74, 6) is -0.456. The molecular weight excluding hydrogens is 251 g/mol. The van der Waals surface area contributed by atoms with Crippen LogP contribution in [0.25, 0.3) is 0 Å². The molecule has 0 heterocycles. The van der Waals surface area contributed by atoms with Crippen molar-refractivity contribution in [2.75, 3.05) is 5.32 Å². The maximum absolute atomic E-state index is 12.2. The summed E-state index contributed by atoms with van der Waals surface area (Å²) in [6.45, 7) is 1.65. The molecule has 6 heteroatoms. The van der Waals surface area contributed by atoms with E-state index in [4.69, 9.17) is 0 Å². The lowest BCUT2D eigenvalue weighted by Crippen LogP contribution is -2.09. The number of anilines is 1. The molecule has 0 saturated carbocycles. The first kappa shape index (κ1) is 13.6. The second-order valence-corrected chi connectivity index (χ2v) is 4.14. The quantitative estimate of drug-likeness (QED) is 0.662. The largest absolute Gasteiger partial charge is 0.446 e. The number of carbonyl (C=O) groups is 1. The van der Waals surface area contributed by atoms with Crippen molar-refractivity contribution in [3.63, 3.8) is 0 Å². The van der Waals surface area contributed by atoms with E-state index in [1.807, 2.05) is 0 Å². The van der Waals surface area contributed by atoms with Gasteiger partial charge in [0.15, 0.2) is 0 Å². The molecule has 0 spiro atoms. The van der Waals surface area contributed by atoms with E-state index in [-0.39, 0.29) is 22.3 Å². The third-order valence-corrected chi connectivity index (χ3v) is 2.50. The Balaban J connectivity index is 2.88. The van der Waals surface area contributed by atoms with Gasteiger partial charge in [0.1, 0.15) is 0 Å². The molecule has 1 aromatic rings. The van der Waals surface area contributed by atoms with Crippen molar-refractivity contribution in [3.05, 3.63) is 36.4 Å². The number of alkyl halides is 3. The van der Waals surface area contributed by atoms with E-state index in [0.717, 1.165) is 0 Å². The summed E-state index contributed by atoms with van der Waals surface area (Å²) in [5.41, 5.74) is -4.22. The lowest BCUT2D eigenvalue weighted by molar-refractivity contribution is -0.111. The average Bonchev–Trinajstić information content (AvgIpc) is 2.19. The predicted molar refractivity (Wildman–Crippen MR) is 61.8 cm³/mol. The van der Waals surface area contributed by atoms with Gasteiger partial charge in [0.25, 0.3) is 0 Å². The van der Waals surface area contributed by atoms with E-state index in [1.54, 1.807) is 13.0 Å². The zero-order chi connectivity index (χ0) is 12.9. The molecule has 92 valence electrons. The maximum atomic E-state index is 12.2. The SMILES string of the molecule is CC=CC(=O)Nc1ccccc1SC(F)(F)F. The lowest BCUT2D eigenvalue weighted by Gasteiger charge is -2.10. The summed E-state index contributed by atoms with van der Waals surface area (Å²) in [6, 6.07) is 5.78. The van der Waals surface area contributed by atoms with Crippen LogP contribution in [0.3, 0.4) is 0 Å². The van der Waals surface area contributed by atoms with Crippen LogP contribution in [0.15, 0.2) is 41.3 Å². The third-order valence-electron chi connectivity index (χ3n) is 1.69.